The predicted molar refractivity (Wildman–Crippen MR) is 109 cm³/mol. The SMILES string of the molecule is Cc1ccc(-c2nnn(CC(=O)OC(C)C(=O)N3CCc4ccccc4C3)n2)cc1. The number of rotatable bonds is 5. The molecule has 4 rings (SSSR count). The highest BCUT2D eigenvalue weighted by atomic mass is 16.5. The average Bonchev–Trinajstić information content (AvgIpc) is 3.21. The largest absolute Gasteiger partial charge is 0.451 e. The molecule has 2 heterocycles. The minimum Gasteiger partial charge on any atom is -0.451 e. The fourth-order valence-corrected chi connectivity index (χ4v) is 3.47. The average molecular weight is 405 g/mol. The van der Waals surface area contributed by atoms with E-state index in [4.69, 9.17) is 4.74 Å². The first-order valence-electron chi connectivity index (χ1n) is 9.89. The monoisotopic (exact) mass is 405 g/mol. The van der Waals surface area contributed by atoms with Gasteiger partial charge >= 0.3 is 5.97 Å². The van der Waals surface area contributed by atoms with E-state index in [0.717, 1.165) is 23.1 Å². The Kier molecular flexibility index (Phi) is 5.56. The Morgan fingerprint density at radius 2 is 1.83 bits per heavy atom. The molecule has 0 bridgehead atoms. The summed E-state index contributed by atoms with van der Waals surface area (Å²) in [4.78, 5) is 27.9. The van der Waals surface area contributed by atoms with Crippen LogP contribution in [0.3, 0.4) is 0 Å². The lowest BCUT2D eigenvalue weighted by molar-refractivity contribution is -0.160. The van der Waals surface area contributed by atoms with Crippen molar-refractivity contribution in [1.82, 2.24) is 25.1 Å². The summed E-state index contributed by atoms with van der Waals surface area (Å²) in [6, 6.07) is 15.8. The third-order valence-corrected chi connectivity index (χ3v) is 5.13. The van der Waals surface area contributed by atoms with E-state index in [9.17, 15) is 9.59 Å². The van der Waals surface area contributed by atoms with Gasteiger partial charge in [-0.25, -0.2) is 4.79 Å². The van der Waals surface area contributed by atoms with Crippen molar-refractivity contribution in [2.75, 3.05) is 6.54 Å². The smallest absolute Gasteiger partial charge is 0.330 e. The maximum atomic E-state index is 12.7. The Balaban J connectivity index is 1.33. The van der Waals surface area contributed by atoms with Gasteiger partial charge in [0.05, 0.1) is 0 Å². The normalized spacial score (nSPS) is 14.1. The van der Waals surface area contributed by atoms with Crippen molar-refractivity contribution >= 4 is 11.9 Å². The molecular formula is C22H23N5O3. The summed E-state index contributed by atoms with van der Waals surface area (Å²) in [5.74, 6) is -0.357. The maximum Gasteiger partial charge on any atom is 0.330 e. The van der Waals surface area contributed by atoms with Gasteiger partial charge in [0.2, 0.25) is 5.82 Å². The van der Waals surface area contributed by atoms with Gasteiger partial charge in [0, 0.05) is 18.7 Å². The summed E-state index contributed by atoms with van der Waals surface area (Å²) in [7, 11) is 0. The number of esters is 1. The number of hydrogen-bond donors (Lipinski definition) is 0. The summed E-state index contributed by atoms with van der Waals surface area (Å²) in [5, 5.41) is 12.1. The number of aryl methyl sites for hydroxylation is 1. The maximum absolute atomic E-state index is 12.7. The quantitative estimate of drug-likeness (QED) is 0.605. The number of benzene rings is 2. The van der Waals surface area contributed by atoms with Crippen LogP contribution in [-0.4, -0.2) is 49.6 Å². The second kappa shape index (κ2) is 8.44. The molecule has 0 spiro atoms. The number of aromatic nitrogens is 4. The van der Waals surface area contributed by atoms with E-state index in [1.54, 1.807) is 11.8 Å². The third-order valence-electron chi connectivity index (χ3n) is 5.13. The van der Waals surface area contributed by atoms with E-state index in [1.165, 1.54) is 10.4 Å². The first-order valence-corrected chi connectivity index (χ1v) is 9.89. The highest BCUT2D eigenvalue weighted by Gasteiger charge is 2.27. The number of carbonyl (C=O) groups excluding carboxylic acids is 2. The fourth-order valence-electron chi connectivity index (χ4n) is 3.47. The number of tetrazole rings is 1. The lowest BCUT2D eigenvalue weighted by Crippen LogP contribution is -2.43. The second-order valence-corrected chi connectivity index (χ2v) is 7.42. The molecule has 3 aromatic rings. The zero-order valence-electron chi connectivity index (χ0n) is 17.0. The van der Waals surface area contributed by atoms with Gasteiger partial charge in [-0.05, 0) is 36.6 Å². The van der Waals surface area contributed by atoms with Crippen LogP contribution in [0.1, 0.15) is 23.6 Å². The number of carbonyl (C=O) groups is 2. The van der Waals surface area contributed by atoms with Gasteiger partial charge in [-0.15, -0.1) is 10.2 Å². The van der Waals surface area contributed by atoms with Crippen LogP contribution in [0.15, 0.2) is 48.5 Å². The third kappa shape index (κ3) is 4.37. The Bertz CT molecular complexity index is 1060. The van der Waals surface area contributed by atoms with Crippen molar-refractivity contribution in [3.05, 3.63) is 65.2 Å². The molecule has 8 nitrogen and oxygen atoms in total. The van der Waals surface area contributed by atoms with Gasteiger partial charge < -0.3 is 9.64 Å². The van der Waals surface area contributed by atoms with Gasteiger partial charge in [0.1, 0.15) is 0 Å². The number of ether oxygens (including phenoxy) is 1. The molecular weight excluding hydrogens is 382 g/mol. The summed E-state index contributed by atoms with van der Waals surface area (Å²) in [6.45, 7) is 4.52. The van der Waals surface area contributed by atoms with E-state index in [1.807, 2.05) is 49.4 Å². The predicted octanol–water partition coefficient (Wildman–Crippen LogP) is 2.17. The summed E-state index contributed by atoms with van der Waals surface area (Å²) >= 11 is 0. The molecule has 1 atom stereocenters. The van der Waals surface area contributed by atoms with Crippen LogP contribution in [-0.2, 0) is 33.8 Å². The van der Waals surface area contributed by atoms with E-state index in [0.29, 0.717) is 18.9 Å². The molecule has 1 unspecified atom stereocenters. The zero-order valence-corrected chi connectivity index (χ0v) is 17.0. The topological polar surface area (TPSA) is 90.2 Å². The molecule has 8 heteroatoms. The molecule has 1 aromatic heterocycles. The first-order chi connectivity index (χ1) is 14.5. The lowest BCUT2D eigenvalue weighted by Gasteiger charge is -2.30. The van der Waals surface area contributed by atoms with E-state index in [-0.39, 0.29) is 12.5 Å². The second-order valence-electron chi connectivity index (χ2n) is 7.42. The fraction of sp³-hybridized carbons (Fsp3) is 0.318. The standard InChI is InChI=1S/C22H23N5O3/c1-15-7-9-18(10-8-15)21-23-25-27(24-21)14-20(28)30-16(2)22(29)26-12-11-17-5-3-4-6-19(17)13-26/h3-10,16H,11-14H2,1-2H3. The van der Waals surface area contributed by atoms with Crippen LogP contribution in [0.4, 0.5) is 0 Å². The first kappa shape index (κ1) is 19.8. The van der Waals surface area contributed by atoms with Gasteiger partial charge in [-0.1, -0.05) is 54.1 Å². The number of nitrogens with zero attached hydrogens (tertiary/aromatic N) is 5. The minimum absolute atomic E-state index is 0.204. The molecule has 2 aromatic carbocycles. The number of hydrogen-bond acceptors (Lipinski definition) is 6. The van der Waals surface area contributed by atoms with Crippen molar-refractivity contribution < 1.29 is 14.3 Å². The molecule has 1 aliphatic heterocycles. The Morgan fingerprint density at radius 1 is 1.10 bits per heavy atom. The van der Waals surface area contributed by atoms with Gasteiger partial charge in [-0.3, -0.25) is 4.79 Å². The van der Waals surface area contributed by atoms with Crippen molar-refractivity contribution in [3.8, 4) is 11.4 Å². The molecule has 0 N–H and O–H groups in total. The van der Waals surface area contributed by atoms with Gasteiger partial charge in [0.15, 0.2) is 12.6 Å². The highest BCUT2D eigenvalue weighted by Crippen LogP contribution is 2.19. The summed E-state index contributed by atoms with van der Waals surface area (Å²) in [6.07, 6.45) is -0.0735. The molecule has 1 aliphatic rings. The zero-order chi connectivity index (χ0) is 21.1. The van der Waals surface area contributed by atoms with E-state index in [2.05, 4.69) is 21.5 Å². The number of fused-ring (bicyclic) bond motifs is 1. The van der Waals surface area contributed by atoms with Crippen LogP contribution < -0.4 is 0 Å². The molecule has 0 saturated heterocycles. The summed E-state index contributed by atoms with van der Waals surface area (Å²) in [5.41, 5.74) is 4.33. The molecule has 0 aliphatic carbocycles. The molecule has 30 heavy (non-hydrogen) atoms. The molecule has 0 saturated carbocycles. The van der Waals surface area contributed by atoms with Crippen molar-refractivity contribution in [1.29, 1.82) is 0 Å². The molecule has 154 valence electrons. The van der Waals surface area contributed by atoms with Crippen LogP contribution in [0.5, 0.6) is 0 Å². The molecule has 0 fully saturated rings. The minimum atomic E-state index is -0.872. The van der Waals surface area contributed by atoms with Crippen LogP contribution in [0.2, 0.25) is 0 Å². The van der Waals surface area contributed by atoms with Crippen molar-refractivity contribution in [2.45, 2.75) is 39.5 Å². The van der Waals surface area contributed by atoms with E-state index >= 15 is 0 Å². The van der Waals surface area contributed by atoms with Crippen LogP contribution in [0, 0.1) is 6.92 Å². The Hall–Kier alpha value is -3.55. The van der Waals surface area contributed by atoms with Crippen molar-refractivity contribution in [2.24, 2.45) is 0 Å². The van der Waals surface area contributed by atoms with Crippen LogP contribution >= 0.6 is 0 Å². The van der Waals surface area contributed by atoms with Crippen LogP contribution in [0.25, 0.3) is 11.4 Å². The van der Waals surface area contributed by atoms with Gasteiger partial charge in [-0.2, -0.15) is 4.80 Å². The molecule has 1 amide bonds. The Morgan fingerprint density at radius 3 is 2.60 bits per heavy atom. The van der Waals surface area contributed by atoms with Gasteiger partial charge in [0.25, 0.3) is 5.91 Å². The van der Waals surface area contributed by atoms with E-state index < -0.39 is 12.1 Å². The lowest BCUT2D eigenvalue weighted by atomic mass is 9.99. The summed E-state index contributed by atoms with van der Waals surface area (Å²) < 4.78 is 5.33. The Labute approximate surface area is 174 Å². The molecule has 0 radical (unpaired) electrons. The number of amides is 1. The highest BCUT2D eigenvalue weighted by molar-refractivity contribution is 5.83. The van der Waals surface area contributed by atoms with Crippen molar-refractivity contribution in [3.63, 3.8) is 0 Å².